The maximum atomic E-state index is 13.2. The van der Waals surface area contributed by atoms with Gasteiger partial charge in [-0.25, -0.2) is 4.39 Å². The molecule has 4 rings (SSSR count). The van der Waals surface area contributed by atoms with Crippen molar-refractivity contribution in [3.63, 3.8) is 0 Å². The Labute approximate surface area is 148 Å². The zero-order valence-electron chi connectivity index (χ0n) is 12.5. The summed E-state index contributed by atoms with van der Waals surface area (Å²) < 4.78 is 19.3. The highest BCUT2D eigenvalue weighted by Crippen LogP contribution is 2.43. The van der Waals surface area contributed by atoms with E-state index in [0.717, 1.165) is 32.1 Å². The quantitative estimate of drug-likeness (QED) is 0.391. The van der Waals surface area contributed by atoms with Crippen molar-refractivity contribution < 1.29 is 8.81 Å². The Kier molecular flexibility index (Phi) is 4.05. The van der Waals surface area contributed by atoms with Gasteiger partial charge in [0.2, 0.25) is 0 Å². The van der Waals surface area contributed by atoms with E-state index in [1.807, 2.05) is 48.5 Å². The van der Waals surface area contributed by atoms with Crippen molar-refractivity contribution in [3.8, 4) is 11.3 Å². The van der Waals surface area contributed by atoms with Gasteiger partial charge in [0.1, 0.15) is 17.2 Å². The molecule has 1 nitrogen and oxygen atoms in total. The maximum Gasteiger partial charge on any atom is 0.149 e. The fourth-order valence-electron chi connectivity index (χ4n) is 2.55. The highest BCUT2D eigenvalue weighted by atomic mass is 35.5. The van der Waals surface area contributed by atoms with Crippen molar-refractivity contribution in [1.29, 1.82) is 0 Å². The summed E-state index contributed by atoms with van der Waals surface area (Å²) in [6.45, 7) is 0. The van der Waals surface area contributed by atoms with Crippen LogP contribution in [0.1, 0.15) is 0 Å². The topological polar surface area (TPSA) is 13.1 Å². The molecule has 118 valence electrons. The lowest BCUT2D eigenvalue weighted by Gasteiger charge is -2.04. The first-order chi connectivity index (χ1) is 11.7. The third kappa shape index (κ3) is 2.93. The lowest BCUT2D eigenvalue weighted by Crippen LogP contribution is -1.79. The molecule has 0 radical (unpaired) electrons. The molecule has 1 aromatic heterocycles. The molecule has 0 unspecified atom stereocenters. The summed E-state index contributed by atoms with van der Waals surface area (Å²) in [7, 11) is 0. The Morgan fingerprint density at radius 2 is 1.62 bits per heavy atom. The molecule has 0 saturated heterocycles. The van der Waals surface area contributed by atoms with E-state index in [0.29, 0.717) is 5.02 Å². The van der Waals surface area contributed by atoms with Crippen LogP contribution in [0, 0.1) is 5.82 Å². The molecule has 0 atom stereocenters. The SMILES string of the molecule is Fc1ccc(Sc2c(-c3ccccc3)oc3ccc(Cl)cc23)cc1. The molecule has 0 saturated carbocycles. The number of halogens is 2. The Hall–Kier alpha value is -2.23. The average molecular weight is 355 g/mol. The number of hydrogen-bond acceptors (Lipinski definition) is 2. The minimum atomic E-state index is -0.247. The summed E-state index contributed by atoms with van der Waals surface area (Å²) in [5.41, 5.74) is 1.78. The van der Waals surface area contributed by atoms with Gasteiger partial charge in [0.05, 0.1) is 4.90 Å². The predicted molar refractivity (Wildman–Crippen MR) is 97.2 cm³/mol. The fourth-order valence-corrected chi connectivity index (χ4v) is 3.75. The van der Waals surface area contributed by atoms with Crippen LogP contribution in [-0.4, -0.2) is 0 Å². The van der Waals surface area contributed by atoms with Crippen LogP contribution >= 0.6 is 23.4 Å². The molecule has 0 aliphatic carbocycles. The van der Waals surface area contributed by atoms with Gasteiger partial charge in [0.25, 0.3) is 0 Å². The number of furan rings is 1. The van der Waals surface area contributed by atoms with Crippen LogP contribution in [0.3, 0.4) is 0 Å². The molecular formula is C20H12ClFOS. The van der Waals surface area contributed by atoms with Crippen LogP contribution in [0.2, 0.25) is 5.02 Å². The summed E-state index contributed by atoms with van der Waals surface area (Å²) in [5.74, 6) is 0.546. The molecule has 3 aromatic carbocycles. The van der Waals surface area contributed by atoms with Crippen molar-refractivity contribution in [2.45, 2.75) is 9.79 Å². The van der Waals surface area contributed by atoms with E-state index in [4.69, 9.17) is 16.0 Å². The zero-order chi connectivity index (χ0) is 16.5. The van der Waals surface area contributed by atoms with E-state index < -0.39 is 0 Å². The molecule has 0 spiro atoms. The van der Waals surface area contributed by atoms with Gasteiger partial charge in [0.15, 0.2) is 0 Å². The molecule has 0 amide bonds. The molecular weight excluding hydrogens is 343 g/mol. The second-order valence-electron chi connectivity index (χ2n) is 5.32. The predicted octanol–water partition coefficient (Wildman–Crippen LogP) is 7.04. The Bertz CT molecular complexity index is 994. The third-order valence-electron chi connectivity index (χ3n) is 3.67. The summed E-state index contributed by atoms with van der Waals surface area (Å²) >= 11 is 7.71. The lowest BCUT2D eigenvalue weighted by molar-refractivity contribution is 0.625. The minimum Gasteiger partial charge on any atom is -0.455 e. The second kappa shape index (κ2) is 6.34. The Morgan fingerprint density at radius 1 is 0.875 bits per heavy atom. The minimum absolute atomic E-state index is 0.247. The average Bonchev–Trinajstić information content (AvgIpc) is 2.95. The van der Waals surface area contributed by atoms with Crippen LogP contribution in [0.15, 0.2) is 87.0 Å². The van der Waals surface area contributed by atoms with Gasteiger partial charge in [-0.1, -0.05) is 53.7 Å². The van der Waals surface area contributed by atoms with Gasteiger partial charge < -0.3 is 4.42 Å². The van der Waals surface area contributed by atoms with Crippen LogP contribution in [-0.2, 0) is 0 Å². The van der Waals surface area contributed by atoms with E-state index in [9.17, 15) is 4.39 Å². The highest BCUT2D eigenvalue weighted by Gasteiger charge is 2.17. The highest BCUT2D eigenvalue weighted by molar-refractivity contribution is 7.99. The van der Waals surface area contributed by atoms with Gasteiger partial charge in [-0.05, 0) is 42.5 Å². The molecule has 0 bridgehead atoms. The molecule has 0 aliphatic heterocycles. The third-order valence-corrected chi connectivity index (χ3v) is 5.03. The van der Waals surface area contributed by atoms with Gasteiger partial charge >= 0.3 is 0 Å². The van der Waals surface area contributed by atoms with Gasteiger partial charge in [-0.2, -0.15) is 0 Å². The van der Waals surface area contributed by atoms with Crippen molar-refractivity contribution in [2.75, 3.05) is 0 Å². The summed E-state index contributed by atoms with van der Waals surface area (Å²) in [6, 6.07) is 22.0. The molecule has 0 aliphatic rings. The van der Waals surface area contributed by atoms with E-state index in [1.165, 1.54) is 12.1 Å². The molecule has 0 N–H and O–H groups in total. The lowest BCUT2D eigenvalue weighted by atomic mass is 10.1. The molecule has 4 heteroatoms. The number of rotatable bonds is 3. The zero-order valence-corrected chi connectivity index (χ0v) is 14.1. The first kappa shape index (κ1) is 15.3. The number of fused-ring (bicyclic) bond motifs is 1. The first-order valence-electron chi connectivity index (χ1n) is 7.41. The molecule has 4 aromatic rings. The van der Waals surface area contributed by atoms with Gasteiger partial charge in [-0.3, -0.25) is 0 Å². The maximum absolute atomic E-state index is 13.2. The summed E-state index contributed by atoms with van der Waals surface area (Å²) in [4.78, 5) is 1.92. The van der Waals surface area contributed by atoms with Gasteiger partial charge in [0, 0.05) is 20.9 Å². The van der Waals surface area contributed by atoms with Crippen molar-refractivity contribution in [2.24, 2.45) is 0 Å². The fraction of sp³-hybridized carbons (Fsp3) is 0. The smallest absolute Gasteiger partial charge is 0.149 e. The van der Waals surface area contributed by atoms with Crippen LogP contribution in [0.4, 0.5) is 4.39 Å². The molecule has 1 heterocycles. The number of benzene rings is 3. The normalized spacial score (nSPS) is 11.1. The molecule has 0 fully saturated rings. The van der Waals surface area contributed by atoms with E-state index in [-0.39, 0.29) is 5.82 Å². The monoisotopic (exact) mass is 354 g/mol. The van der Waals surface area contributed by atoms with Crippen molar-refractivity contribution >= 4 is 34.3 Å². The number of hydrogen-bond donors (Lipinski definition) is 0. The van der Waals surface area contributed by atoms with Crippen LogP contribution in [0.25, 0.3) is 22.3 Å². The first-order valence-corrected chi connectivity index (χ1v) is 8.61. The second-order valence-corrected chi connectivity index (χ2v) is 6.84. The van der Waals surface area contributed by atoms with Crippen LogP contribution < -0.4 is 0 Å². The largest absolute Gasteiger partial charge is 0.455 e. The van der Waals surface area contributed by atoms with Crippen LogP contribution in [0.5, 0.6) is 0 Å². The van der Waals surface area contributed by atoms with E-state index in [1.54, 1.807) is 23.9 Å². The van der Waals surface area contributed by atoms with E-state index >= 15 is 0 Å². The summed E-state index contributed by atoms with van der Waals surface area (Å²) in [6.07, 6.45) is 0. The Morgan fingerprint density at radius 3 is 2.38 bits per heavy atom. The van der Waals surface area contributed by atoms with Gasteiger partial charge in [-0.15, -0.1) is 0 Å². The Balaban J connectivity index is 1.90. The van der Waals surface area contributed by atoms with Crippen molar-refractivity contribution in [1.82, 2.24) is 0 Å². The standard InChI is InChI=1S/C20H12ClFOS/c21-14-6-11-18-17(12-14)20(24-16-9-7-15(22)8-10-16)19(23-18)13-4-2-1-3-5-13/h1-12H. The van der Waals surface area contributed by atoms with Crippen molar-refractivity contribution in [3.05, 3.63) is 83.6 Å². The molecule has 24 heavy (non-hydrogen) atoms. The van der Waals surface area contributed by atoms with E-state index in [2.05, 4.69) is 0 Å². The summed E-state index contributed by atoms with van der Waals surface area (Å²) in [5, 5.41) is 1.61.